The molecule has 0 saturated heterocycles. The third-order valence-corrected chi connectivity index (χ3v) is 2.42. The van der Waals surface area contributed by atoms with Crippen molar-refractivity contribution in [1.82, 2.24) is 0 Å². The van der Waals surface area contributed by atoms with Gasteiger partial charge >= 0.3 is 0 Å². The largest absolute Gasteiger partial charge is 0.487 e. The SMILES string of the molecule is C#Cc1ccc2c(c1)OC(C)(C)CC2=O. The second kappa shape index (κ2) is 3.13. The molecule has 1 aliphatic heterocycles. The minimum atomic E-state index is -0.433. The highest BCUT2D eigenvalue weighted by Crippen LogP contribution is 2.33. The van der Waals surface area contributed by atoms with E-state index in [1.165, 1.54) is 0 Å². The van der Waals surface area contributed by atoms with Gasteiger partial charge in [0.15, 0.2) is 5.78 Å². The predicted octanol–water partition coefficient (Wildman–Crippen LogP) is 2.41. The Hall–Kier alpha value is -1.75. The summed E-state index contributed by atoms with van der Waals surface area (Å²) in [5.41, 5.74) is 0.935. The van der Waals surface area contributed by atoms with E-state index in [0.29, 0.717) is 17.7 Å². The number of hydrogen-bond donors (Lipinski definition) is 0. The second-order valence-electron chi connectivity index (χ2n) is 4.32. The Balaban J connectivity index is 2.52. The Bertz CT molecular complexity index is 464. The van der Waals surface area contributed by atoms with Gasteiger partial charge in [0.1, 0.15) is 11.4 Å². The summed E-state index contributed by atoms with van der Waals surface area (Å²) in [6.07, 6.45) is 5.71. The zero-order chi connectivity index (χ0) is 11.1. The van der Waals surface area contributed by atoms with Gasteiger partial charge in [-0.2, -0.15) is 0 Å². The van der Waals surface area contributed by atoms with E-state index in [1.807, 2.05) is 13.8 Å². The van der Waals surface area contributed by atoms with Gasteiger partial charge in [-0.15, -0.1) is 6.42 Å². The molecule has 2 nitrogen and oxygen atoms in total. The van der Waals surface area contributed by atoms with Gasteiger partial charge in [0.2, 0.25) is 0 Å². The van der Waals surface area contributed by atoms with Crippen molar-refractivity contribution in [3.8, 4) is 18.1 Å². The molecule has 2 rings (SSSR count). The number of ketones is 1. The molecule has 0 atom stereocenters. The fourth-order valence-corrected chi connectivity index (χ4v) is 1.74. The topological polar surface area (TPSA) is 26.3 Å². The van der Waals surface area contributed by atoms with Crippen molar-refractivity contribution in [2.24, 2.45) is 0 Å². The van der Waals surface area contributed by atoms with Crippen LogP contribution >= 0.6 is 0 Å². The highest BCUT2D eigenvalue weighted by molar-refractivity contribution is 6.00. The van der Waals surface area contributed by atoms with Crippen LogP contribution in [0.25, 0.3) is 0 Å². The van der Waals surface area contributed by atoms with Crippen molar-refractivity contribution in [1.29, 1.82) is 0 Å². The number of ether oxygens (including phenoxy) is 1. The summed E-state index contributed by atoms with van der Waals surface area (Å²) in [6.45, 7) is 3.80. The second-order valence-corrected chi connectivity index (χ2v) is 4.32. The molecule has 1 aromatic rings. The number of Topliss-reactive ketones (excluding diaryl/α,β-unsaturated/α-hetero) is 1. The Morgan fingerprint density at radius 2 is 2.20 bits per heavy atom. The summed E-state index contributed by atoms with van der Waals surface area (Å²) in [5, 5.41) is 0. The van der Waals surface area contributed by atoms with Crippen LogP contribution in [0.2, 0.25) is 0 Å². The Labute approximate surface area is 89.3 Å². The van der Waals surface area contributed by atoms with Gasteiger partial charge < -0.3 is 4.74 Å². The molecule has 15 heavy (non-hydrogen) atoms. The van der Waals surface area contributed by atoms with E-state index in [-0.39, 0.29) is 5.78 Å². The van der Waals surface area contributed by atoms with Crippen molar-refractivity contribution >= 4 is 5.78 Å². The lowest BCUT2D eigenvalue weighted by molar-refractivity contribution is 0.0620. The van der Waals surface area contributed by atoms with E-state index in [9.17, 15) is 4.79 Å². The number of benzene rings is 1. The lowest BCUT2D eigenvalue weighted by Crippen LogP contribution is -2.35. The molecule has 0 aliphatic carbocycles. The van der Waals surface area contributed by atoms with Crippen LogP contribution in [0.5, 0.6) is 5.75 Å². The van der Waals surface area contributed by atoms with Crippen LogP contribution in [0.1, 0.15) is 36.2 Å². The maximum absolute atomic E-state index is 11.8. The molecule has 0 saturated carbocycles. The molecule has 0 amide bonds. The summed E-state index contributed by atoms with van der Waals surface area (Å²) in [7, 11) is 0. The molecule has 0 aromatic heterocycles. The molecule has 2 heteroatoms. The third-order valence-electron chi connectivity index (χ3n) is 2.42. The van der Waals surface area contributed by atoms with Gasteiger partial charge in [-0.25, -0.2) is 0 Å². The first-order valence-corrected chi connectivity index (χ1v) is 4.85. The highest BCUT2D eigenvalue weighted by atomic mass is 16.5. The van der Waals surface area contributed by atoms with Crippen LogP contribution in [0.15, 0.2) is 18.2 Å². The minimum absolute atomic E-state index is 0.116. The van der Waals surface area contributed by atoms with Gasteiger partial charge in [0, 0.05) is 5.56 Å². The van der Waals surface area contributed by atoms with E-state index in [0.717, 1.165) is 5.56 Å². The molecular weight excluding hydrogens is 188 g/mol. The molecule has 1 aliphatic rings. The van der Waals surface area contributed by atoms with Gasteiger partial charge in [0.25, 0.3) is 0 Å². The average Bonchev–Trinajstić information content (AvgIpc) is 2.14. The number of carbonyl (C=O) groups is 1. The summed E-state index contributed by atoms with van der Waals surface area (Å²) >= 11 is 0. The number of fused-ring (bicyclic) bond motifs is 1. The molecule has 1 heterocycles. The third kappa shape index (κ3) is 1.73. The van der Waals surface area contributed by atoms with Crippen molar-refractivity contribution < 1.29 is 9.53 Å². The number of hydrogen-bond acceptors (Lipinski definition) is 2. The van der Waals surface area contributed by atoms with Crippen molar-refractivity contribution in [2.75, 3.05) is 0 Å². The average molecular weight is 200 g/mol. The van der Waals surface area contributed by atoms with E-state index < -0.39 is 5.60 Å². The first-order chi connectivity index (χ1) is 7.02. The van der Waals surface area contributed by atoms with Gasteiger partial charge in [-0.05, 0) is 32.0 Å². The van der Waals surface area contributed by atoms with Crippen LogP contribution in [-0.2, 0) is 0 Å². The standard InChI is InChI=1S/C13H12O2/c1-4-9-5-6-10-11(14)8-13(2,3)15-12(10)7-9/h1,5-7H,8H2,2-3H3. The van der Waals surface area contributed by atoms with Crippen LogP contribution < -0.4 is 4.74 Å². The van der Waals surface area contributed by atoms with E-state index in [2.05, 4.69) is 5.92 Å². The summed E-state index contributed by atoms with van der Waals surface area (Å²) in [6, 6.07) is 5.24. The van der Waals surface area contributed by atoms with Crippen molar-refractivity contribution in [3.05, 3.63) is 29.3 Å². The van der Waals surface area contributed by atoms with Crippen LogP contribution in [0.3, 0.4) is 0 Å². The van der Waals surface area contributed by atoms with Crippen molar-refractivity contribution in [3.63, 3.8) is 0 Å². The summed E-state index contributed by atoms with van der Waals surface area (Å²) in [4.78, 5) is 11.8. The highest BCUT2D eigenvalue weighted by Gasteiger charge is 2.32. The summed E-state index contributed by atoms with van der Waals surface area (Å²) in [5.74, 6) is 3.25. The fourth-order valence-electron chi connectivity index (χ4n) is 1.74. The normalized spacial score (nSPS) is 17.5. The van der Waals surface area contributed by atoms with Gasteiger partial charge in [0.05, 0.1) is 12.0 Å². The molecule has 0 radical (unpaired) electrons. The molecule has 76 valence electrons. The predicted molar refractivity (Wildman–Crippen MR) is 58.0 cm³/mol. The first-order valence-electron chi connectivity index (χ1n) is 4.85. The zero-order valence-corrected chi connectivity index (χ0v) is 8.83. The molecular formula is C13H12O2. The molecule has 0 N–H and O–H groups in total. The van der Waals surface area contributed by atoms with Gasteiger partial charge in [-0.1, -0.05) is 5.92 Å². The van der Waals surface area contributed by atoms with Crippen LogP contribution in [0.4, 0.5) is 0 Å². The molecule has 0 fully saturated rings. The van der Waals surface area contributed by atoms with E-state index in [4.69, 9.17) is 11.2 Å². The first kappa shape index (κ1) is 9.79. The smallest absolute Gasteiger partial charge is 0.170 e. The monoisotopic (exact) mass is 200 g/mol. The van der Waals surface area contributed by atoms with E-state index >= 15 is 0 Å². The fraction of sp³-hybridized carbons (Fsp3) is 0.308. The molecule has 0 unspecified atom stereocenters. The molecule has 0 bridgehead atoms. The van der Waals surface area contributed by atoms with Crippen LogP contribution in [0, 0.1) is 12.3 Å². The van der Waals surface area contributed by atoms with E-state index in [1.54, 1.807) is 18.2 Å². The minimum Gasteiger partial charge on any atom is -0.487 e. The quantitative estimate of drug-likeness (QED) is 0.601. The maximum Gasteiger partial charge on any atom is 0.170 e. The number of terminal acetylenes is 1. The Kier molecular flexibility index (Phi) is 2.04. The number of rotatable bonds is 0. The maximum atomic E-state index is 11.8. The molecule has 0 spiro atoms. The Morgan fingerprint density at radius 3 is 2.87 bits per heavy atom. The lowest BCUT2D eigenvalue weighted by Gasteiger charge is -2.31. The molecule has 1 aromatic carbocycles. The van der Waals surface area contributed by atoms with Crippen molar-refractivity contribution in [2.45, 2.75) is 25.9 Å². The van der Waals surface area contributed by atoms with Gasteiger partial charge in [-0.3, -0.25) is 4.79 Å². The van der Waals surface area contributed by atoms with Crippen LogP contribution in [-0.4, -0.2) is 11.4 Å². The Morgan fingerprint density at radius 1 is 1.47 bits per heavy atom. The summed E-state index contributed by atoms with van der Waals surface area (Å²) < 4.78 is 5.72. The number of carbonyl (C=O) groups excluding carboxylic acids is 1. The lowest BCUT2D eigenvalue weighted by atomic mass is 9.92. The zero-order valence-electron chi connectivity index (χ0n) is 8.83.